The fraction of sp³-hybridized carbons (Fsp3) is 0.235. The Morgan fingerprint density at radius 1 is 1.29 bits per heavy atom. The lowest BCUT2D eigenvalue weighted by molar-refractivity contribution is -0.387. The molecule has 0 fully saturated rings. The number of nitrogens with one attached hydrogen (secondary N) is 1. The number of aryl methyl sites for hydroxylation is 1. The predicted octanol–water partition coefficient (Wildman–Crippen LogP) is 3.43. The Hall–Kier alpha value is -2.54. The van der Waals surface area contributed by atoms with E-state index >= 15 is 0 Å². The number of hydrogen-bond acceptors (Lipinski definition) is 5. The Balaban J connectivity index is 1.90. The first kappa shape index (κ1) is 17.8. The summed E-state index contributed by atoms with van der Waals surface area (Å²) in [6.45, 7) is 2.60. The molecule has 0 bridgehead atoms. The minimum Gasteiger partial charge on any atom is -0.492 e. The van der Waals surface area contributed by atoms with Crippen molar-refractivity contribution >= 4 is 23.4 Å². The highest BCUT2D eigenvalue weighted by Crippen LogP contribution is 2.28. The van der Waals surface area contributed by atoms with Gasteiger partial charge in [-0.3, -0.25) is 14.9 Å². The number of carbonyl (C=O) groups is 1. The number of rotatable bonds is 7. The van der Waals surface area contributed by atoms with E-state index in [4.69, 9.17) is 4.74 Å². The Morgan fingerprint density at radius 3 is 2.75 bits per heavy atom. The maximum Gasteiger partial charge on any atom is 0.283 e. The van der Waals surface area contributed by atoms with Gasteiger partial charge in [0.05, 0.1) is 16.4 Å². The lowest BCUT2D eigenvalue weighted by atomic mass is 10.2. The number of thioether (sulfide) groups is 1. The van der Waals surface area contributed by atoms with Crippen LogP contribution >= 0.6 is 11.8 Å². The van der Waals surface area contributed by atoms with Crippen LogP contribution in [0.25, 0.3) is 0 Å². The lowest BCUT2D eigenvalue weighted by Gasteiger charge is -2.09. The van der Waals surface area contributed by atoms with Gasteiger partial charge in [-0.15, -0.1) is 11.8 Å². The molecular formula is C17H18N2O4S. The molecule has 0 aliphatic heterocycles. The maximum absolute atomic E-state index is 12.1. The molecule has 0 radical (unpaired) electrons. The standard InChI is InChI=1S/C17H18N2O4S/c1-12-4-3-5-14(10-12)23-9-8-18-17(20)13-6-7-16(24-2)15(11-13)19(21)22/h3-7,10-11H,8-9H2,1-2H3,(H,18,20). The highest BCUT2D eigenvalue weighted by atomic mass is 32.2. The summed E-state index contributed by atoms with van der Waals surface area (Å²) in [7, 11) is 0. The molecule has 1 amide bonds. The summed E-state index contributed by atoms with van der Waals surface area (Å²) < 4.78 is 5.55. The van der Waals surface area contributed by atoms with Crippen LogP contribution in [0.4, 0.5) is 5.69 Å². The zero-order chi connectivity index (χ0) is 17.5. The van der Waals surface area contributed by atoms with Crippen molar-refractivity contribution in [2.24, 2.45) is 0 Å². The van der Waals surface area contributed by atoms with Gasteiger partial charge in [0.1, 0.15) is 12.4 Å². The predicted molar refractivity (Wildman–Crippen MR) is 93.9 cm³/mol. The summed E-state index contributed by atoms with van der Waals surface area (Å²) >= 11 is 1.27. The first-order chi connectivity index (χ1) is 11.5. The van der Waals surface area contributed by atoms with E-state index < -0.39 is 4.92 Å². The Kier molecular flexibility index (Phi) is 6.20. The van der Waals surface area contributed by atoms with Gasteiger partial charge in [0.25, 0.3) is 11.6 Å². The van der Waals surface area contributed by atoms with Gasteiger partial charge in [-0.2, -0.15) is 0 Å². The average Bonchev–Trinajstić information content (AvgIpc) is 2.58. The summed E-state index contributed by atoms with van der Waals surface area (Å²) in [6, 6.07) is 12.1. The van der Waals surface area contributed by atoms with E-state index in [9.17, 15) is 14.9 Å². The van der Waals surface area contributed by atoms with Crippen LogP contribution in [0, 0.1) is 17.0 Å². The second-order valence-corrected chi connectivity index (χ2v) is 5.91. The molecular weight excluding hydrogens is 328 g/mol. The smallest absolute Gasteiger partial charge is 0.283 e. The number of hydrogen-bond donors (Lipinski definition) is 1. The van der Waals surface area contributed by atoms with Crippen LogP contribution in [0.1, 0.15) is 15.9 Å². The van der Waals surface area contributed by atoms with E-state index in [1.807, 2.05) is 31.2 Å². The van der Waals surface area contributed by atoms with Gasteiger partial charge in [0.2, 0.25) is 0 Å². The Labute approximate surface area is 144 Å². The number of ether oxygens (including phenoxy) is 1. The molecule has 0 aliphatic rings. The van der Waals surface area contributed by atoms with Gasteiger partial charge in [0.15, 0.2) is 0 Å². The van der Waals surface area contributed by atoms with E-state index in [1.165, 1.54) is 17.8 Å². The number of nitro benzene ring substituents is 1. The minimum atomic E-state index is -0.483. The summed E-state index contributed by atoms with van der Waals surface area (Å²) in [5.74, 6) is 0.378. The quantitative estimate of drug-likeness (QED) is 0.359. The largest absolute Gasteiger partial charge is 0.492 e. The molecule has 0 heterocycles. The summed E-state index contributed by atoms with van der Waals surface area (Å²) in [4.78, 5) is 23.2. The molecule has 2 aromatic rings. The number of benzene rings is 2. The molecule has 1 N–H and O–H groups in total. The first-order valence-corrected chi connectivity index (χ1v) is 8.54. The zero-order valence-electron chi connectivity index (χ0n) is 13.4. The van der Waals surface area contributed by atoms with Crippen molar-refractivity contribution in [1.82, 2.24) is 5.32 Å². The third-order valence-corrected chi connectivity index (χ3v) is 4.07. The van der Waals surface area contributed by atoms with Crippen molar-refractivity contribution in [1.29, 1.82) is 0 Å². The SMILES string of the molecule is CSc1ccc(C(=O)NCCOc2cccc(C)c2)cc1[N+](=O)[O-]. The highest BCUT2D eigenvalue weighted by molar-refractivity contribution is 7.98. The molecule has 6 nitrogen and oxygen atoms in total. The zero-order valence-corrected chi connectivity index (χ0v) is 14.3. The second-order valence-electron chi connectivity index (χ2n) is 5.06. The van der Waals surface area contributed by atoms with Crippen molar-refractivity contribution in [3.8, 4) is 5.75 Å². The van der Waals surface area contributed by atoms with Gasteiger partial charge in [-0.25, -0.2) is 0 Å². The third kappa shape index (κ3) is 4.73. The molecule has 7 heteroatoms. The number of carbonyl (C=O) groups excluding carboxylic acids is 1. The van der Waals surface area contributed by atoms with Crippen molar-refractivity contribution in [3.63, 3.8) is 0 Å². The summed E-state index contributed by atoms with van der Waals surface area (Å²) in [5, 5.41) is 13.7. The summed E-state index contributed by atoms with van der Waals surface area (Å²) in [5.41, 5.74) is 1.29. The van der Waals surface area contributed by atoms with Crippen LogP contribution in [0.2, 0.25) is 0 Å². The van der Waals surface area contributed by atoms with Gasteiger partial charge in [-0.05, 0) is 43.0 Å². The molecule has 24 heavy (non-hydrogen) atoms. The van der Waals surface area contributed by atoms with Gasteiger partial charge in [0, 0.05) is 11.6 Å². The van der Waals surface area contributed by atoms with Crippen LogP contribution in [-0.4, -0.2) is 30.2 Å². The average molecular weight is 346 g/mol. The fourth-order valence-corrected chi connectivity index (χ4v) is 2.66. The Morgan fingerprint density at radius 2 is 2.08 bits per heavy atom. The number of nitrogens with zero attached hydrogens (tertiary/aromatic N) is 1. The van der Waals surface area contributed by atoms with Crippen LogP contribution in [0.5, 0.6) is 5.75 Å². The highest BCUT2D eigenvalue weighted by Gasteiger charge is 2.16. The Bertz CT molecular complexity index is 749. The monoisotopic (exact) mass is 346 g/mol. The third-order valence-electron chi connectivity index (χ3n) is 3.28. The molecule has 0 aliphatic carbocycles. The van der Waals surface area contributed by atoms with Gasteiger partial charge in [-0.1, -0.05) is 12.1 Å². The van der Waals surface area contributed by atoms with Crippen LogP contribution in [0.3, 0.4) is 0 Å². The first-order valence-electron chi connectivity index (χ1n) is 7.31. The summed E-state index contributed by atoms with van der Waals surface area (Å²) in [6.07, 6.45) is 1.75. The molecule has 126 valence electrons. The molecule has 0 saturated carbocycles. The van der Waals surface area contributed by atoms with E-state index in [0.717, 1.165) is 11.3 Å². The van der Waals surface area contributed by atoms with Gasteiger partial charge < -0.3 is 10.1 Å². The topological polar surface area (TPSA) is 81.5 Å². The van der Waals surface area contributed by atoms with Crippen molar-refractivity contribution in [2.75, 3.05) is 19.4 Å². The molecule has 0 aromatic heterocycles. The van der Waals surface area contributed by atoms with Crippen molar-refractivity contribution in [3.05, 3.63) is 63.7 Å². The fourth-order valence-electron chi connectivity index (χ4n) is 2.11. The van der Waals surface area contributed by atoms with E-state index in [-0.39, 0.29) is 17.2 Å². The maximum atomic E-state index is 12.1. The molecule has 0 atom stereocenters. The van der Waals surface area contributed by atoms with Crippen LogP contribution in [0.15, 0.2) is 47.4 Å². The van der Waals surface area contributed by atoms with Gasteiger partial charge >= 0.3 is 0 Å². The molecule has 0 spiro atoms. The molecule has 0 saturated heterocycles. The molecule has 0 unspecified atom stereocenters. The second kappa shape index (κ2) is 8.35. The van der Waals surface area contributed by atoms with Crippen LogP contribution < -0.4 is 10.1 Å². The van der Waals surface area contributed by atoms with E-state index in [0.29, 0.717) is 18.0 Å². The number of nitro groups is 1. The van der Waals surface area contributed by atoms with E-state index in [1.54, 1.807) is 18.4 Å². The molecule has 2 rings (SSSR count). The van der Waals surface area contributed by atoms with E-state index in [2.05, 4.69) is 5.32 Å². The molecule has 2 aromatic carbocycles. The lowest BCUT2D eigenvalue weighted by Crippen LogP contribution is -2.28. The number of amides is 1. The minimum absolute atomic E-state index is 0.0637. The van der Waals surface area contributed by atoms with Crippen molar-refractivity contribution < 1.29 is 14.5 Å². The normalized spacial score (nSPS) is 10.2. The van der Waals surface area contributed by atoms with Crippen LogP contribution in [-0.2, 0) is 0 Å². The van der Waals surface area contributed by atoms with Crippen molar-refractivity contribution in [2.45, 2.75) is 11.8 Å².